The van der Waals surface area contributed by atoms with E-state index in [-0.39, 0.29) is 16.3 Å². The Morgan fingerprint density at radius 1 is 1.44 bits per heavy atom. The number of phenolic OH excluding ortho intramolecular Hbond substituents is 1. The number of hydrogen-bond donors (Lipinski definition) is 3. The minimum absolute atomic E-state index is 0.0211. The fourth-order valence-electron chi connectivity index (χ4n) is 1.06. The molecule has 0 bridgehead atoms. The molecule has 0 saturated heterocycles. The zero-order valence-corrected chi connectivity index (χ0v) is 9.59. The number of carbonyl (C=O) groups excluding carboxylic acids is 1. The van der Waals surface area contributed by atoms with Crippen LogP contribution in [0.5, 0.6) is 5.75 Å². The van der Waals surface area contributed by atoms with Crippen molar-refractivity contribution in [1.29, 1.82) is 0 Å². The van der Waals surface area contributed by atoms with E-state index in [1.54, 1.807) is 0 Å². The lowest BCUT2D eigenvalue weighted by Crippen LogP contribution is -2.40. The highest BCUT2D eigenvalue weighted by Crippen LogP contribution is 2.23. The Balaban J connectivity index is 2.63. The van der Waals surface area contributed by atoms with E-state index < -0.39 is 24.7 Å². The van der Waals surface area contributed by atoms with Crippen molar-refractivity contribution >= 4 is 17.5 Å². The Morgan fingerprint density at radius 3 is 2.56 bits per heavy atom. The summed E-state index contributed by atoms with van der Waals surface area (Å²) in [6.45, 7) is -0.958. The number of aliphatic hydroxyl groups is 1. The lowest BCUT2D eigenvalue weighted by atomic mass is 10.2. The Labute approximate surface area is 105 Å². The van der Waals surface area contributed by atoms with Gasteiger partial charge in [0.05, 0.1) is 11.6 Å². The zero-order valence-electron chi connectivity index (χ0n) is 8.83. The Morgan fingerprint density at radius 2 is 2.06 bits per heavy atom. The summed E-state index contributed by atoms with van der Waals surface area (Å²) >= 11 is 5.53. The number of carbonyl (C=O) groups is 1. The van der Waals surface area contributed by atoms with Crippen LogP contribution < -0.4 is 5.32 Å². The van der Waals surface area contributed by atoms with Gasteiger partial charge in [-0.2, -0.15) is 13.2 Å². The summed E-state index contributed by atoms with van der Waals surface area (Å²) in [7, 11) is 0. The van der Waals surface area contributed by atoms with Gasteiger partial charge in [0, 0.05) is 5.56 Å². The van der Waals surface area contributed by atoms with Crippen LogP contribution in [0.25, 0.3) is 0 Å². The van der Waals surface area contributed by atoms with E-state index in [9.17, 15) is 18.0 Å². The van der Waals surface area contributed by atoms with Gasteiger partial charge in [-0.25, -0.2) is 0 Å². The predicted octanol–water partition coefficient (Wildman–Crippen LogP) is 1.70. The SMILES string of the molecule is O=C(NCC(O)C(F)(F)F)c1ccc(O)c(Cl)c1. The monoisotopic (exact) mass is 283 g/mol. The number of benzene rings is 1. The molecule has 1 rings (SSSR count). The standard InChI is InChI=1S/C10H9ClF3NO3/c11-6-3-5(1-2-7(6)16)9(18)15-4-8(17)10(12,13)14/h1-3,8,16-17H,4H2,(H,15,18). The molecule has 100 valence electrons. The van der Waals surface area contributed by atoms with E-state index in [0.717, 1.165) is 12.1 Å². The molecule has 0 aliphatic heterocycles. The summed E-state index contributed by atoms with van der Waals surface area (Å²) in [6, 6.07) is 3.43. The number of aliphatic hydroxyl groups excluding tert-OH is 1. The first-order valence-electron chi connectivity index (χ1n) is 4.73. The van der Waals surface area contributed by atoms with Crippen molar-refractivity contribution in [2.45, 2.75) is 12.3 Å². The highest BCUT2D eigenvalue weighted by atomic mass is 35.5. The van der Waals surface area contributed by atoms with Crippen LogP contribution in [-0.2, 0) is 0 Å². The summed E-state index contributed by atoms with van der Waals surface area (Å²) < 4.78 is 35.9. The van der Waals surface area contributed by atoms with Crippen molar-refractivity contribution in [1.82, 2.24) is 5.32 Å². The molecule has 0 spiro atoms. The van der Waals surface area contributed by atoms with Gasteiger partial charge in [-0.15, -0.1) is 0 Å². The van der Waals surface area contributed by atoms with Crippen LogP contribution in [0.2, 0.25) is 5.02 Å². The topological polar surface area (TPSA) is 69.6 Å². The van der Waals surface area contributed by atoms with Crippen LogP contribution in [0, 0.1) is 0 Å². The third kappa shape index (κ3) is 3.78. The van der Waals surface area contributed by atoms with Crippen LogP contribution in [0.1, 0.15) is 10.4 Å². The van der Waals surface area contributed by atoms with Crippen molar-refractivity contribution < 1.29 is 28.2 Å². The zero-order chi connectivity index (χ0) is 13.9. The van der Waals surface area contributed by atoms with Gasteiger partial charge < -0.3 is 15.5 Å². The van der Waals surface area contributed by atoms with E-state index >= 15 is 0 Å². The molecule has 1 amide bonds. The quantitative estimate of drug-likeness (QED) is 0.791. The van der Waals surface area contributed by atoms with E-state index in [2.05, 4.69) is 0 Å². The minimum atomic E-state index is -4.79. The number of aromatic hydroxyl groups is 1. The Hall–Kier alpha value is -1.47. The van der Waals surface area contributed by atoms with E-state index in [4.69, 9.17) is 21.8 Å². The van der Waals surface area contributed by atoms with Gasteiger partial charge in [0.25, 0.3) is 5.91 Å². The van der Waals surface area contributed by atoms with Gasteiger partial charge >= 0.3 is 6.18 Å². The Kier molecular flexibility index (Phi) is 4.42. The second kappa shape index (κ2) is 5.45. The van der Waals surface area contributed by atoms with Crippen LogP contribution >= 0.6 is 11.6 Å². The fraction of sp³-hybridized carbons (Fsp3) is 0.300. The van der Waals surface area contributed by atoms with Gasteiger partial charge in [-0.3, -0.25) is 4.79 Å². The number of hydrogen-bond acceptors (Lipinski definition) is 3. The van der Waals surface area contributed by atoms with Crippen molar-refractivity contribution in [3.05, 3.63) is 28.8 Å². The first-order valence-corrected chi connectivity index (χ1v) is 5.11. The largest absolute Gasteiger partial charge is 0.506 e. The van der Waals surface area contributed by atoms with Crippen LogP contribution in [0.4, 0.5) is 13.2 Å². The summed E-state index contributed by atoms with van der Waals surface area (Å²) in [5, 5.41) is 19.6. The molecule has 1 aromatic rings. The maximum atomic E-state index is 12.0. The lowest BCUT2D eigenvalue weighted by molar-refractivity contribution is -0.201. The fourth-order valence-corrected chi connectivity index (χ4v) is 1.24. The van der Waals surface area contributed by atoms with Crippen LogP contribution in [0.3, 0.4) is 0 Å². The molecule has 0 heterocycles. The normalized spacial score (nSPS) is 13.2. The molecule has 1 aromatic carbocycles. The van der Waals surface area contributed by atoms with Crippen molar-refractivity contribution in [3.63, 3.8) is 0 Å². The van der Waals surface area contributed by atoms with E-state index in [1.165, 1.54) is 6.07 Å². The summed E-state index contributed by atoms with van der Waals surface area (Å²) in [5.74, 6) is -1.08. The highest BCUT2D eigenvalue weighted by molar-refractivity contribution is 6.32. The van der Waals surface area contributed by atoms with Crippen molar-refractivity contribution in [3.8, 4) is 5.75 Å². The molecule has 8 heteroatoms. The van der Waals surface area contributed by atoms with Gasteiger partial charge in [-0.05, 0) is 18.2 Å². The van der Waals surface area contributed by atoms with Gasteiger partial charge in [0.2, 0.25) is 0 Å². The summed E-state index contributed by atoms with van der Waals surface area (Å²) in [4.78, 5) is 11.4. The third-order valence-electron chi connectivity index (χ3n) is 2.04. The average Bonchev–Trinajstić information content (AvgIpc) is 2.27. The van der Waals surface area contributed by atoms with Crippen LogP contribution in [-0.4, -0.2) is 34.9 Å². The molecule has 0 aromatic heterocycles. The number of nitrogens with one attached hydrogen (secondary N) is 1. The lowest BCUT2D eigenvalue weighted by Gasteiger charge is -2.15. The molecule has 1 atom stereocenters. The first kappa shape index (κ1) is 14.6. The van der Waals surface area contributed by atoms with E-state index in [1.807, 2.05) is 5.32 Å². The highest BCUT2D eigenvalue weighted by Gasteiger charge is 2.38. The first-order chi connectivity index (χ1) is 8.21. The minimum Gasteiger partial charge on any atom is -0.506 e. The summed E-state index contributed by atoms with van der Waals surface area (Å²) in [6.07, 6.45) is -7.42. The maximum Gasteiger partial charge on any atom is 0.416 e. The van der Waals surface area contributed by atoms with Crippen molar-refractivity contribution in [2.24, 2.45) is 0 Å². The smallest absolute Gasteiger partial charge is 0.416 e. The van der Waals surface area contributed by atoms with Gasteiger partial charge in [0.15, 0.2) is 6.10 Å². The molecule has 0 aliphatic rings. The predicted molar refractivity (Wildman–Crippen MR) is 57.5 cm³/mol. The molecule has 0 saturated carbocycles. The van der Waals surface area contributed by atoms with Gasteiger partial charge in [-0.1, -0.05) is 11.6 Å². The second-order valence-electron chi connectivity index (χ2n) is 3.43. The van der Waals surface area contributed by atoms with Crippen LogP contribution in [0.15, 0.2) is 18.2 Å². The van der Waals surface area contributed by atoms with E-state index in [0.29, 0.717) is 0 Å². The molecule has 0 radical (unpaired) electrons. The molecule has 0 fully saturated rings. The second-order valence-corrected chi connectivity index (χ2v) is 3.84. The number of rotatable bonds is 3. The van der Waals surface area contributed by atoms with Crippen molar-refractivity contribution in [2.75, 3.05) is 6.54 Å². The molecular weight excluding hydrogens is 275 g/mol. The third-order valence-corrected chi connectivity index (χ3v) is 2.35. The average molecular weight is 284 g/mol. The maximum absolute atomic E-state index is 12.0. The number of halogens is 4. The number of phenols is 1. The van der Waals surface area contributed by atoms with Gasteiger partial charge in [0.1, 0.15) is 5.75 Å². The molecular formula is C10H9ClF3NO3. The molecule has 0 aliphatic carbocycles. The number of amides is 1. The summed E-state index contributed by atoms with van der Waals surface area (Å²) in [5.41, 5.74) is -0.0211. The molecule has 1 unspecified atom stereocenters. The number of alkyl halides is 3. The molecule has 18 heavy (non-hydrogen) atoms. The Bertz CT molecular complexity index is 450. The molecule has 3 N–H and O–H groups in total. The molecule has 4 nitrogen and oxygen atoms in total.